The Hall–Kier alpha value is -1.10. The molecule has 0 fully saturated rings. The summed E-state index contributed by atoms with van der Waals surface area (Å²) in [7, 11) is 0. The second-order valence-electron chi connectivity index (χ2n) is 3.89. The third kappa shape index (κ3) is 7.93. The van der Waals surface area contributed by atoms with Crippen LogP contribution in [0.25, 0.3) is 0 Å². The second kappa shape index (κ2) is 7.23. The number of hydrogen-bond acceptors (Lipinski definition) is 3. The predicted octanol–water partition coefficient (Wildman–Crippen LogP) is 0.341. The van der Waals surface area contributed by atoms with Crippen molar-refractivity contribution in [2.75, 3.05) is 6.54 Å². The van der Waals surface area contributed by atoms with Crippen LogP contribution in [0.1, 0.15) is 33.1 Å². The van der Waals surface area contributed by atoms with E-state index in [4.69, 9.17) is 10.8 Å². The van der Waals surface area contributed by atoms with Crippen LogP contribution in [0.3, 0.4) is 0 Å². The number of aliphatic carboxylic acids is 1. The van der Waals surface area contributed by atoms with E-state index >= 15 is 0 Å². The zero-order valence-corrected chi connectivity index (χ0v) is 9.32. The molecular weight excluding hydrogens is 196 g/mol. The maximum absolute atomic E-state index is 11.2. The highest BCUT2D eigenvalue weighted by Gasteiger charge is 2.10. The highest BCUT2D eigenvalue weighted by molar-refractivity contribution is 5.76. The minimum atomic E-state index is -0.833. The lowest BCUT2D eigenvalue weighted by Crippen LogP contribution is -2.28. The van der Waals surface area contributed by atoms with Gasteiger partial charge in [-0.25, -0.2) is 0 Å². The molecule has 0 spiro atoms. The van der Waals surface area contributed by atoms with Gasteiger partial charge in [-0.15, -0.1) is 0 Å². The van der Waals surface area contributed by atoms with Crippen LogP contribution in [-0.2, 0) is 9.59 Å². The van der Waals surface area contributed by atoms with E-state index in [1.54, 1.807) is 6.92 Å². The van der Waals surface area contributed by atoms with E-state index in [2.05, 4.69) is 5.32 Å². The molecule has 0 aliphatic rings. The van der Waals surface area contributed by atoms with Crippen LogP contribution in [0.2, 0.25) is 0 Å². The molecule has 0 aromatic rings. The Morgan fingerprint density at radius 1 is 1.33 bits per heavy atom. The van der Waals surface area contributed by atoms with Gasteiger partial charge in [0.15, 0.2) is 0 Å². The summed E-state index contributed by atoms with van der Waals surface area (Å²) in [5.41, 5.74) is 5.50. The molecule has 5 heteroatoms. The Labute approximate surface area is 90.0 Å². The van der Waals surface area contributed by atoms with Crippen LogP contribution in [0, 0.1) is 5.92 Å². The molecule has 0 heterocycles. The summed E-state index contributed by atoms with van der Waals surface area (Å²) in [6, 6.07) is 0.0219. The van der Waals surface area contributed by atoms with Crippen molar-refractivity contribution in [2.45, 2.75) is 39.2 Å². The largest absolute Gasteiger partial charge is 0.481 e. The molecule has 0 aliphatic heterocycles. The Kier molecular flexibility index (Phi) is 6.70. The van der Waals surface area contributed by atoms with Crippen LogP contribution >= 0.6 is 0 Å². The van der Waals surface area contributed by atoms with Gasteiger partial charge < -0.3 is 16.2 Å². The average Bonchev–Trinajstić information content (AvgIpc) is 2.14. The third-order valence-electron chi connectivity index (χ3n) is 2.15. The average molecular weight is 216 g/mol. The van der Waals surface area contributed by atoms with Crippen LogP contribution in [0.5, 0.6) is 0 Å². The lowest BCUT2D eigenvalue weighted by atomic mass is 10.1. The van der Waals surface area contributed by atoms with Crippen molar-refractivity contribution in [3.8, 4) is 0 Å². The topological polar surface area (TPSA) is 92.4 Å². The van der Waals surface area contributed by atoms with Crippen molar-refractivity contribution in [2.24, 2.45) is 11.7 Å². The SMILES string of the molecule is CC(N)CCC(=O)NCCC(C)C(=O)O. The van der Waals surface area contributed by atoms with E-state index < -0.39 is 11.9 Å². The Bertz CT molecular complexity index is 217. The Balaban J connectivity index is 3.51. The number of nitrogens with one attached hydrogen (secondary N) is 1. The quantitative estimate of drug-likeness (QED) is 0.572. The second-order valence-corrected chi connectivity index (χ2v) is 3.89. The highest BCUT2D eigenvalue weighted by atomic mass is 16.4. The van der Waals surface area contributed by atoms with Gasteiger partial charge in [-0.2, -0.15) is 0 Å². The van der Waals surface area contributed by atoms with Crippen LogP contribution in [0.4, 0.5) is 0 Å². The number of rotatable bonds is 7. The normalized spacial score (nSPS) is 14.3. The van der Waals surface area contributed by atoms with E-state index in [0.29, 0.717) is 25.8 Å². The summed E-state index contributed by atoms with van der Waals surface area (Å²) in [4.78, 5) is 21.6. The van der Waals surface area contributed by atoms with Crippen molar-refractivity contribution >= 4 is 11.9 Å². The molecule has 0 aromatic heterocycles. The number of carbonyl (C=O) groups excluding carboxylic acids is 1. The van der Waals surface area contributed by atoms with E-state index in [9.17, 15) is 9.59 Å². The van der Waals surface area contributed by atoms with E-state index in [1.165, 1.54) is 0 Å². The summed E-state index contributed by atoms with van der Waals surface area (Å²) in [6.07, 6.45) is 1.51. The van der Waals surface area contributed by atoms with Gasteiger partial charge in [0.05, 0.1) is 5.92 Å². The zero-order chi connectivity index (χ0) is 11.8. The smallest absolute Gasteiger partial charge is 0.306 e. The third-order valence-corrected chi connectivity index (χ3v) is 2.15. The van der Waals surface area contributed by atoms with Gasteiger partial charge in [0, 0.05) is 19.0 Å². The van der Waals surface area contributed by atoms with Gasteiger partial charge in [-0.1, -0.05) is 6.92 Å². The minimum Gasteiger partial charge on any atom is -0.481 e. The van der Waals surface area contributed by atoms with Gasteiger partial charge in [-0.3, -0.25) is 9.59 Å². The lowest BCUT2D eigenvalue weighted by molar-refractivity contribution is -0.141. The molecule has 1 amide bonds. The standard InChI is InChI=1S/C10H20N2O3/c1-7(10(14)15)5-6-12-9(13)4-3-8(2)11/h7-8H,3-6,11H2,1-2H3,(H,12,13)(H,14,15). The molecule has 0 radical (unpaired) electrons. The highest BCUT2D eigenvalue weighted by Crippen LogP contribution is 2.00. The number of carbonyl (C=O) groups is 2. The van der Waals surface area contributed by atoms with Gasteiger partial charge in [0.2, 0.25) is 5.91 Å². The van der Waals surface area contributed by atoms with Crippen LogP contribution in [-0.4, -0.2) is 29.6 Å². The first-order valence-electron chi connectivity index (χ1n) is 5.18. The predicted molar refractivity (Wildman–Crippen MR) is 57.3 cm³/mol. The van der Waals surface area contributed by atoms with Gasteiger partial charge in [0.1, 0.15) is 0 Å². The summed E-state index contributed by atoms with van der Waals surface area (Å²) < 4.78 is 0. The van der Waals surface area contributed by atoms with E-state index in [1.807, 2.05) is 6.92 Å². The molecule has 0 bridgehead atoms. The van der Waals surface area contributed by atoms with Crippen LogP contribution in [0.15, 0.2) is 0 Å². The number of amides is 1. The van der Waals surface area contributed by atoms with Crippen LogP contribution < -0.4 is 11.1 Å². The number of hydrogen-bond donors (Lipinski definition) is 3. The van der Waals surface area contributed by atoms with Crippen molar-refractivity contribution in [3.05, 3.63) is 0 Å². The number of carboxylic acids is 1. The van der Waals surface area contributed by atoms with E-state index in [0.717, 1.165) is 0 Å². The van der Waals surface area contributed by atoms with Crippen molar-refractivity contribution in [1.29, 1.82) is 0 Å². The first-order chi connectivity index (χ1) is 6.93. The fourth-order valence-corrected chi connectivity index (χ4v) is 0.999. The van der Waals surface area contributed by atoms with Crippen molar-refractivity contribution < 1.29 is 14.7 Å². The molecular formula is C10H20N2O3. The molecule has 88 valence electrons. The molecule has 2 unspecified atom stereocenters. The first-order valence-corrected chi connectivity index (χ1v) is 5.18. The number of carboxylic acid groups (broad SMARTS) is 1. The summed E-state index contributed by atoms with van der Waals surface area (Å²) >= 11 is 0. The summed E-state index contributed by atoms with van der Waals surface area (Å²) in [5, 5.41) is 11.3. The van der Waals surface area contributed by atoms with Crippen molar-refractivity contribution in [3.63, 3.8) is 0 Å². The molecule has 0 saturated heterocycles. The molecule has 15 heavy (non-hydrogen) atoms. The fraction of sp³-hybridized carbons (Fsp3) is 0.800. The molecule has 0 rings (SSSR count). The van der Waals surface area contributed by atoms with E-state index in [-0.39, 0.29) is 11.9 Å². The molecule has 0 aromatic carbocycles. The van der Waals surface area contributed by atoms with Crippen molar-refractivity contribution in [1.82, 2.24) is 5.32 Å². The summed E-state index contributed by atoms with van der Waals surface area (Å²) in [6.45, 7) is 3.88. The first kappa shape index (κ1) is 13.9. The monoisotopic (exact) mass is 216 g/mol. The van der Waals surface area contributed by atoms with Gasteiger partial charge >= 0.3 is 5.97 Å². The molecule has 4 N–H and O–H groups in total. The van der Waals surface area contributed by atoms with Gasteiger partial charge in [-0.05, 0) is 19.8 Å². The molecule has 0 aliphatic carbocycles. The fourth-order valence-electron chi connectivity index (χ4n) is 0.999. The summed E-state index contributed by atoms with van der Waals surface area (Å²) in [5.74, 6) is -1.32. The molecule has 0 saturated carbocycles. The maximum atomic E-state index is 11.2. The van der Waals surface area contributed by atoms with Gasteiger partial charge in [0.25, 0.3) is 0 Å². The molecule has 5 nitrogen and oxygen atoms in total. The number of nitrogens with two attached hydrogens (primary N) is 1. The Morgan fingerprint density at radius 3 is 2.40 bits per heavy atom. The Morgan fingerprint density at radius 2 is 1.93 bits per heavy atom. The maximum Gasteiger partial charge on any atom is 0.306 e. The molecule has 2 atom stereocenters. The zero-order valence-electron chi connectivity index (χ0n) is 9.32. The lowest BCUT2D eigenvalue weighted by Gasteiger charge is -2.08. The minimum absolute atomic E-state index is 0.0219.